The number of aromatic nitrogens is 3. The molecule has 0 bridgehead atoms. The first kappa shape index (κ1) is 8.50. The van der Waals surface area contributed by atoms with Crippen LogP contribution in [0.3, 0.4) is 0 Å². The molecule has 2 atom stereocenters. The summed E-state index contributed by atoms with van der Waals surface area (Å²) in [6.45, 7) is 0. The quantitative estimate of drug-likeness (QED) is 0.779. The summed E-state index contributed by atoms with van der Waals surface area (Å²) >= 11 is 5.31. The second kappa shape index (κ2) is 2.73. The zero-order valence-electron chi connectivity index (χ0n) is 8.65. The van der Waals surface area contributed by atoms with Gasteiger partial charge in [-0.25, -0.2) is 0 Å². The molecule has 3 nitrogen and oxygen atoms in total. The lowest BCUT2D eigenvalue weighted by Crippen LogP contribution is -2.07. The predicted octanol–water partition coefficient (Wildman–Crippen LogP) is 2.79. The van der Waals surface area contributed by atoms with E-state index in [1.165, 1.54) is 37.9 Å². The summed E-state index contributed by atoms with van der Waals surface area (Å²) in [6.07, 6.45) is 6.78. The third kappa shape index (κ3) is 1.24. The van der Waals surface area contributed by atoms with Gasteiger partial charge in [-0.1, -0.05) is 0 Å². The van der Waals surface area contributed by atoms with E-state index in [1.807, 2.05) is 0 Å². The molecule has 3 aliphatic rings. The minimum absolute atomic E-state index is 0.670. The van der Waals surface area contributed by atoms with E-state index >= 15 is 0 Å². The van der Waals surface area contributed by atoms with E-state index in [2.05, 4.69) is 14.8 Å². The number of fused-ring (bicyclic) bond motifs is 1. The van der Waals surface area contributed by atoms with Crippen molar-refractivity contribution in [2.24, 2.45) is 11.8 Å². The molecule has 3 fully saturated rings. The van der Waals surface area contributed by atoms with Gasteiger partial charge in [-0.05, 0) is 56.2 Å². The maximum Gasteiger partial charge on any atom is 0.195 e. The SMILES string of the molecule is S=c1[nH]nc(C2CC3CC3C2)n1C1CC1. The van der Waals surface area contributed by atoms with Crippen LogP contribution in [-0.4, -0.2) is 14.8 Å². The monoisotopic (exact) mass is 221 g/mol. The minimum atomic E-state index is 0.670. The van der Waals surface area contributed by atoms with Crippen molar-refractivity contribution in [3.8, 4) is 0 Å². The summed E-state index contributed by atoms with van der Waals surface area (Å²) in [6, 6.07) is 0.670. The van der Waals surface area contributed by atoms with E-state index in [0.717, 1.165) is 16.6 Å². The van der Waals surface area contributed by atoms with Crippen molar-refractivity contribution in [1.29, 1.82) is 0 Å². The number of nitrogens with one attached hydrogen (secondary N) is 1. The van der Waals surface area contributed by atoms with Crippen molar-refractivity contribution in [2.75, 3.05) is 0 Å². The highest BCUT2D eigenvalue weighted by molar-refractivity contribution is 7.71. The van der Waals surface area contributed by atoms with E-state index in [1.54, 1.807) is 0 Å². The Morgan fingerprint density at radius 1 is 1.20 bits per heavy atom. The molecule has 1 heterocycles. The summed E-state index contributed by atoms with van der Waals surface area (Å²) in [4.78, 5) is 0. The van der Waals surface area contributed by atoms with Crippen LogP contribution in [0, 0.1) is 16.6 Å². The van der Waals surface area contributed by atoms with Crippen LogP contribution >= 0.6 is 12.2 Å². The van der Waals surface area contributed by atoms with Gasteiger partial charge in [0.25, 0.3) is 0 Å². The van der Waals surface area contributed by atoms with Gasteiger partial charge in [-0.15, -0.1) is 0 Å². The van der Waals surface area contributed by atoms with Crippen molar-refractivity contribution in [3.05, 3.63) is 10.6 Å². The normalized spacial score (nSPS) is 38.0. The Morgan fingerprint density at radius 3 is 2.60 bits per heavy atom. The number of hydrogen-bond acceptors (Lipinski definition) is 2. The van der Waals surface area contributed by atoms with Gasteiger partial charge in [-0.2, -0.15) is 5.10 Å². The van der Waals surface area contributed by atoms with Crippen LogP contribution in [0.4, 0.5) is 0 Å². The number of H-pyrrole nitrogens is 1. The number of aromatic amines is 1. The topological polar surface area (TPSA) is 33.6 Å². The molecular weight excluding hydrogens is 206 g/mol. The zero-order chi connectivity index (χ0) is 9.99. The van der Waals surface area contributed by atoms with Gasteiger partial charge in [0.1, 0.15) is 5.82 Å². The number of rotatable bonds is 2. The van der Waals surface area contributed by atoms with Gasteiger partial charge in [-0.3, -0.25) is 5.10 Å². The van der Waals surface area contributed by atoms with Crippen LogP contribution in [0.2, 0.25) is 0 Å². The molecule has 0 radical (unpaired) electrons. The summed E-state index contributed by atoms with van der Waals surface area (Å²) < 4.78 is 3.14. The molecule has 0 amide bonds. The Kier molecular flexibility index (Phi) is 1.55. The molecule has 1 N–H and O–H groups in total. The van der Waals surface area contributed by atoms with Crippen LogP contribution in [0.25, 0.3) is 0 Å². The second-order valence-electron chi connectivity index (χ2n) is 5.41. The van der Waals surface area contributed by atoms with Crippen molar-refractivity contribution in [1.82, 2.24) is 14.8 Å². The molecule has 3 aliphatic carbocycles. The van der Waals surface area contributed by atoms with Crippen LogP contribution < -0.4 is 0 Å². The molecule has 0 aromatic carbocycles. The Hall–Kier alpha value is -0.640. The highest BCUT2D eigenvalue weighted by Gasteiger charge is 2.48. The van der Waals surface area contributed by atoms with Gasteiger partial charge in [0.2, 0.25) is 0 Å². The fourth-order valence-corrected chi connectivity index (χ4v) is 3.50. The first-order valence-electron chi connectivity index (χ1n) is 5.99. The zero-order valence-corrected chi connectivity index (χ0v) is 9.46. The Balaban J connectivity index is 1.71. The summed E-state index contributed by atoms with van der Waals surface area (Å²) in [7, 11) is 0. The van der Waals surface area contributed by atoms with Crippen molar-refractivity contribution in [2.45, 2.75) is 44.1 Å². The molecule has 1 aromatic rings. The maximum absolute atomic E-state index is 5.31. The van der Waals surface area contributed by atoms with Gasteiger partial charge in [0, 0.05) is 12.0 Å². The van der Waals surface area contributed by atoms with E-state index in [0.29, 0.717) is 12.0 Å². The first-order valence-corrected chi connectivity index (χ1v) is 6.40. The van der Waals surface area contributed by atoms with Crippen LogP contribution in [0.15, 0.2) is 0 Å². The van der Waals surface area contributed by atoms with E-state index in [4.69, 9.17) is 12.2 Å². The van der Waals surface area contributed by atoms with Gasteiger partial charge < -0.3 is 4.57 Å². The van der Waals surface area contributed by atoms with E-state index < -0.39 is 0 Å². The van der Waals surface area contributed by atoms with Crippen LogP contribution in [-0.2, 0) is 0 Å². The van der Waals surface area contributed by atoms with Crippen molar-refractivity contribution >= 4 is 12.2 Å². The molecule has 1 aromatic heterocycles. The van der Waals surface area contributed by atoms with Crippen molar-refractivity contribution in [3.63, 3.8) is 0 Å². The molecule has 4 rings (SSSR count). The lowest BCUT2D eigenvalue weighted by molar-refractivity contribution is 0.543. The lowest BCUT2D eigenvalue weighted by atomic mass is 10.0. The molecule has 4 heteroatoms. The summed E-state index contributed by atoms with van der Waals surface area (Å²) in [5.41, 5.74) is 0. The molecule has 0 aliphatic heterocycles. The first-order chi connectivity index (χ1) is 7.33. The second-order valence-corrected chi connectivity index (χ2v) is 5.80. The van der Waals surface area contributed by atoms with E-state index in [9.17, 15) is 0 Å². The maximum atomic E-state index is 5.31. The number of hydrogen-bond donors (Lipinski definition) is 1. The average molecular weight is 221 g/mol. The Bertz CT molecular complexity index is 447. The summed E-state index contributed by atoms with van der Waals surface area (Å²) in [5, 5.41) is 7.44. The molecule has 3 saturated carbocycles. The largest absolute Gasteiger partial charge is 0.301 e. The molecule has 2 unspecified atom stereocenters. The van der Waals surface area contributed by atoms with Crippen LogP contribution in [0.1, 0.15) is 49.9 Å². The van der Waals surface area contributed by atoms with Gasteiger partial charge in [0.15, 0.2) is 4.77 Å². The lowest BCUT2D eigenvalue weighted by Gasteiger charge is -2.12. The minimum Gasteiger partial charge on any atom is -0.301 e. The molecular formula is C11H15N3S. The van der Waals surface area contributed by atoms with Gasteiger partial charge in [0.05, 0.1) is 0 Å². The fourth-order valence-electron chi connectivity index (χ4n) is 3.22. The third-order valence-corrected chi connectivity index (χ3v) is 4.54. The average Bonchev–Trinajstić information content (AvgIpc) is 3.13. The Morgan fingerprint density at radius 2 is 1.93 bits per heavy atom. The van der Waals surface area contributed by atoms with Gasteiger partial charge >= 0.3 is 0 Å². The smallest absolute Gasteiger partial charge is 0.195 e. The molecule has 0 spiro atoms. The van der Waals surface area contributed by atoms with Crippen LogP contribution in [0.5, 0.6) is 0 Å². The van der Waals surface area contributed by atoms with Crippen molar-refractivity contribution < 1.29 is 0 Å². The van der Waals surface area contributed by atoms with E-state index in [-0.39, 0.29) is 0 Å². The molecule has 80 valence electrons. The molecule has 15 heavy (non-hydrogen) atoms. The highest BCUT2D eigenvalue weighted by Crippen LogP contribution is 2.57. The highest BCUT2D eigenvalue weighted by atomic mass is 32.1. The molecule has 0 saturated heterocycles. The third-order valence-electron chi connectivity index (χ3n) is 4.25. The predicted molar refractivity (Wildman–Crippen MR) is 59.3 cm³/mol. The standard InChI is InChI=1S/C11H15N3S/c15-11-13-12-10(14(11)9-1-2-9)8-4-6-3-7(6)5-8/h6-9H,1-5H2,(H,13,15). The number of nitrogens with zero attached hydrogens (tertiary/aromatic N) is 2. The summed E-state index contributed by atoms with van der Waals surface area (Å²) in [5.74, 6) is 4.00. The fraction of sp³-hybridized carbons (Fsp3) is 0.818. The Labute approximate surface area is 93.9 Å².